The van der Waals surface area contributed by atoms with Gasteiger partial charge in [-0.15, -0.1) is 0 Å². The van der Waals surface area contributed by atoms with E-state index in [0.717, 1.165) is 5.56 Å². The third kappa shape index (κ3) is 3.42. The topological polar surface area (TPSA) is 20.9 Å². The molecular weight excluding hydrogens is 277 g/mol. The van der Waals surface area contributed by atoms with Gasteiger partial charge in [0.25, 0.3) is 0 Å². The molecule has 1 aromatic heterocycles. The Kier molecular flexibility index (Phi) is 5.13. The van der Waals surface area contributed by atoms with Crippen LogP contribution in [0.25, 0.3) is 0 Å². The van der Waals surface area contributed by atoms with E-state index in [1.165, 1.54) is 0 Å². The summed E-state index contributed by atoms with van der Waals surface area (Å²) in [6.07, 6.45) is 3.76. The van der Waals surface area contributed by atoms with Crippen molar-refractivity contribution in [2.24, 2.45) is 13.0 Å². The van der Waals surface area contributed by atoms with E-state index in [9.17, 15) is 4.79 Å². The van der Waals surface area contributed by atoms with Crippen molar-refractivity contribution >= 4 is 5.78 Å². The van der Waals surface area contributed by atoms with Crippen LogP contribution in [0.5, 0.6) is 0 Å². The number of carbonyl (C=O) groups excluding carboxylic acids is 1. The molecule has 0 N–H and O–H groups in total. The Balaban J connectivity index is 0.00000144. The summed E-state index contributed by atoms with van der Waals surface area (Å²) in [7, 11) is 1.91. The van der Waals surface area contributed by atoms with Gasteiger partial charge in [0.05, 0.1) is 5.56 Å². The largest absolute Gasteiger partial charge is 1.00 e. The Morgan fingerprint density at radius 1 is 1.46 bits per heavy atom. The maximum Gasteiger partial charge on any atom is 0.179 e. The predicted molar refractivity (Wildman–Crippen MR) is 46.8 cm³/mol. The van der Waals surface area contributed by atoms with Crippen molar-refractivity contribution in [1.29, 1.82) is 0 Å². The zero-order valence-corrected chi connectivity index (χ0v) is 10.3. The molecule has 0 atom stereocenters. The summed E-state index contributed by atoms with van der Waals surface area (Å²) < 4.78 is 1.88. The van der Waals surface area contributed by atoms with Gasteiger partial charge in [-0.2, -0.15) is 0 Å². The highest BCUT2D eigenvalue weighted by atomic mass is 127. The number of pyridine rings is 1. The summed E-state index contributed by atoms with van der Waals surface area (Å²) in [5.41, 5.74) is 0.787. The standard InChI is InChI=1S/C10H14NO.HI/c1-8(2)10(12)9-5-4-6-11(3)7-9;/h4-8H,1-3H3;1H/q+1;/p-1. The number of hydrogen-bond donors (Lipinski definition) is 0. The van der Waals surface area contributed by atoms with Crippen LogP contribution in [0.1, 0.15) is 24.2 Å². The quantitative estimate of drug-likeness (QED) is 0.363. The minimum atomic E-state index is 0. The van der Waals surface area contributed by atoms with E-state index in [1.54, 1.807) is 0 Å². The monoisotopic (exact) mass is 291 g/mol. The van der Waals surface area contributed by atoms with Crippen LogP contribution in [-0.4, -0.2) is 5.78 Å². The van der Waals surface area contributed by atoms with Crippen LogP contribution in [0, 0.1) is 5.92 Å². The molecule has 0 aliphatic rings. The van der Waals surface area contributed by atoms with E-state index in [-0.39, 0.29) is 35.7 Å². The van der Waals surface area contributed by atoms with Crippen LogP contribution in [0.2, 0.25) is 0 Å². The molecule has 0 saturated heterocycles. The molecule has 1 aromatic rings. The number of rotatable bonds is 2. The Morgan fingerprint density at radius 2 is 2.08 bits per heavy atom. The van der Waals surface area contributed by atoms with Crippen molar-refractivity contribution in [3.63, 3.8) is 0 Å². The minimum Gasteiger partial charge on any atom is -1.00 e. The smallest absolute Gasteiger partial charge is 0.179 e. The van der Waals surface area contributed by atoms with E-state index in [2.05, 4.69) is 0 Å². The molecule has 1 rings (SSSR count). The molecule has 0 aliphatic heterocycles. The molecule has 72 valence electrons. The predicted octanol–water partition coefficient (Wildman–Crippen LogP) is -1.65. The highest BCUT2D eigenvalue weighted by Gasteiger charge is 2.12. The first-order valence-electron chi connectivity index (χ1n) is 4.11. The van der Waals surface area contributed by atoms with Gasteiger partial charge in [0.1, 0.15) is 7.05 Å². The third-order valence-corrected chi connectivity index (χ3v) is 1.75. The normalized spacial score (nSPS) is 9.54. The van der Waals surface area contributed by atoms with Crippen molar-refractivity contribution < 1.29 is 33.3 Å². The summed E-state index contributed by atoms with van der Waals surface area (Å²) in [5, 5.41) is 0. The third-order valence-electron chi connectivity index (χ3n) is 1.75. The van der Waals surface area contributed by atoms with Crippen LogP contribution < -0.4 is 28.5 Å². The van der Waals surface area contributed by atoms with Gasteiger partial charge < -0.3 is 24.0 Å². The summed E-state index contributed by atoms with van der Waals surface area (Å²) in [6.45, 7) is 3.82. The lowest BCUT2D eigenvalue weighted by Gasteiger charge is -2.00. The Labute approximate surface area is 96.0 Å². The van der Waals surface area contributed by atoms with Gasteiger partial charge in [0.15, 0.2) is 18.2 Å². The number of ketones is 1. The van der Waals surface area contributed by atoms with Crippen molar-refractivity contribution in [3.8, 4) is 0 Å². The molecule has 0 unspecified atom stereocenters. The van der Waals surface area contributed by atoms with Crippen LogP contribution in [0.3, 0.4) is 0 Å². The van der Waals surface area contributed by atoms with Gasteiger partial charge in [-0.25, -0.2) is 4.57 Å². The SMILES string of the molecule is CC(C)C(=O)c1ccc[n+](C)c1.[I-]. The Morgan fingerprint density at radius 3 is 2.54 bits per heavy atom. The maximum absolute atomic E-state index is 11.5. The molecule has 0 bridgehead atoms. The van der Waals surface area contributed by atoms with Crippen molar-refractivity contribution in [2.45, 2.75) is 13.8 Å². The second-order valence-corrected chi connectivity index (χ2v) is 3.28. The average Bonchev–Trinajstić information content (AvgIpc) is 2.03. The molecule has 0 aromatic carbocycles. The fraction of sp³-hybridized carbons (Fsp3) is 0.400. The van der Waals surface area contributed by atoms with E-state index < -0.39 is 0 Å². The molecule has 3 heteroatoms. The molecule has 0 saturated carbocycles. The summed E-state index contributed by atoms with van der Waals surface area (Å²) in [6, 6.07) is 3.73. The Bertz CT molecular complexity index is 297. The molecule has 0 radical (unpaired) electrons. The fourth-order valence-corrected chi connectivity index (χ4v) is 1.07. The molecule has 2 nitrogen and oxygen atoms in total. The molecule has 0 fully saturated rings. The first-order chi connectivity index (χ1) is 5.61. The number of nitrogens with zero attached hydrogens (tertiary/aromatic N) is 1. The van der Waals surface area contributed by atoms with E-state index in [4.69, 9.17) is 0 Å². The highest BCUT2D eigenvalue weighted by molar-refractivity contribution is 5.96. The zero-order chi connectivity index (χ0) is 9.14. The van der Waals surface area contributed by atoms with E-state index >= 15 is 0 Å². The van der Waals surface area contributed by atoms with Crippen molar-refractivity contribution in [3.05, 3.63) is 30.1 Å². The lowest BCUT2D eigenvalue weighted by Crippen LogP contribution is -3.00. The second kappa shape index (κ2) is 5.32. The number of Topliss-reactive ketones (excluding diaryl/α,β-unsaturated/α-hetero) is 1. The van der Waals surface area contributed by atoms with Gasteiger partial charge in [0.2, 0.25) is 0 Å². The van der Waals surface area contributed by atoms with Crippen LogP contribution in [0.15, 0.2) is 24.5 Å². The number of aromatic nitrogens is 1. The first-order valence-corrected chi connectivity index (χ1v) is 4.11. The van der Waals surface area contributed by atoms with Gasteiger partial charge in [-0.05, 0) is 6.07 Å². The number of aryl methyl sites for hydroxylation is 1. The molecule has 0 aliphatic carbocycles. The van der Waals surface area contributed by atoms with Gasteiger partial charge in [-0.1, -0.05) is 13.8 Å². The van der Waals surface area contributed by atoms with Crippen LogP contribution >= 0.6 is 0 Å². The van der Waals surface area contributed by atoms with E-state index in [1.807, 2.05) is 50.0 Å². The van der Waals surface area contributed by atoms with Crippen molar-refractivity contribution in [1.82, 2.24) is 0 Å². The minimum absolute atomic E-state index is 0. The summed E-state index contributed by atoms with van der Waals surface area (Å²) in [4.78, 5) is 11.5. The summed E-state index contributed by atoms with van der Waals surface area (Å²) >= 11 is 0. The van der Waals surface area contributed by atoms with Gasteiger partial charge in [-0.3, -0.25) is 4.79 Å². The molecule has 1 heterocycles. The molecule has 0 spiro atoms. The fourth-order valence-electron chi connectivity index (χ4n) is 1.07. The van der Waals surface area contributed by atoms with Crippen LogP contribution in [-0.2, 0) is 7.05 Å². The van der Waals surface area contributed by atoms with E-state index in [0.29, 0.717) is 0 Å². The lowest BCUT2D eigenvalue weighted by molar-refractivity contribution is -0.671. The molecular formula is C10H14INO. The highest BCUT2D eigenvalue weighted by Crippen LogP contribution is 2.04. The van der Waals surface area contributed by atoms with Gasteiger partial charge in [0, 0.05) is 12.0 Å². The maximum atomic E-state index is 11.5. The Hall–Kier alpha value is -0.450. The average molecular weight is 291 g/mol. The zero-order valence-electron chi connectivity index (χ0n) is 8.12. The lowest BCUT2D eigenvalue weighted by atomic mass is 10.0. The number of hydrogen-bond acceptors (Lipinski definition) is 1. The molecule has 13 heavy (non-hydrogen) atoms. The van der Waals surface area contributed by atoms with Crippen molar-refractivity contribution in [2.75, 3.05) is 0 Å². The summed E-state index contributed by atoms with van der Waals surface area (Å²) in [5.74, 6) is 0.276. The number of halogens is 1. The van der Waals surface area contributed by atoms with Crippen LogP contribution in [0.4, 0.5) is 0 Å². The second-order valence-electron chi connectivity index (χ2n) is 3.28. The first kappa shape index (κ1) is 12.6. The molecule has 0 amide bonds. The van der Waals surface area contributed by atoms with Gasteiger partial charge >= 0.3 is 0 Å². The number of carbonyl (C=O) groups is 1.